The monoisotopic (exact) mass is 329 g/mol. The Labute approximate surface area is 145 Å². The van der Waals surface area contributed by atoms with Crippen molar-refractivity contribution in [1.82, 2.24) is 5.32 Å². The number of carbonyl (C=O) groups excluding carboxylic acids is 1. The number of aliphatic hydroxyl groups is 1. The third-order valence-corrected chi connectivity index (χ3v) is 7.56. The lowest BCUT2D eigenvalue weighted by Gasteiger charge is -2.49. The maximum Gasteiger partial charge on any atom is 0.221 e. The zero-order chi connectivity index (χ0) is 16.9. The molecule has 4 aliphatic carbocycles. The largest absolute Gasteiger partial charge is 0.393 e. The molecule has 24 heavy (non-hydrogen) atoms. The molecule has 3 nitrogen and oxygen atoms in total. The molecule has 0 spiro atoms. The van der Waals surface area contributed by atoms with Crippen molar-refractivity contribution in [3.05, 3.63) is 23.4 Å². The lowest BCUT2D eigenvalue weighted by Crippen LogP contribution is -2.44. The molecule has 0 aliphatic heterocycles. The van der Waals surface area contributed by atoms with E-state index in [2.05, 4.69) is 24.4 Å². The number of amides is 1. The molecule has 0 aromatic rings. The Kier molecular flexibility index (Phi) is 4.11. The van der Waals surface area contributed by atoms with Gasteiger partial charge in [0, 0.05) is 18.0 Å². The maximum absolute atomic E-state index is 11.6. The van der Waals surface area contributed by atoms with Gasteiger partial charge in [-0.25, -0.2) is 0 Å². The van der Waals surface area contributed by atoms with Gasteiger partial charge in [-0.1, -0.05) is 24.6 Å². The number of allylic oxidation sites excluding steroid dienone is 3. The summed E-state index contributed by atoms with van der Waals surface area (Å²) >= 11 is 0. The minimum atomic E-state index is -0.119. The number of fused-ring (bicyclic) bond motifs is 6. The van der Waals surface area contributed by atoms with E-state index in [0.717, 1.165) is 37.0 Å². The molecule has 4 rings (SSSR count). The van der Waals surface area contributed by atoms with Gasteiger partial charge >= 0.3 is 0 Å². The van der Waals surface area contributed by atoms with E-state index in [4.69, 9.17) is 0 Å². The zero-order valence-corrected chi connectivity index (χ0v) is 15.1. The lowest BCUT2D eigenvalue weighted by molar-refractivity contribution is -0.118. The molecule has 2 saturated carbocycles. The van der Waals surface area contributed by atoms with Crippen molar-refractivity contribution in [1.29, 1.82) is 0 Å². The van der Waals surface area contributed by atoms with Gasteiger partial charge in [-0.3, -0.25) is 4.79 Å². The minimum absolute atomic E-state index is 0.0644. The fourth-order valence-corrected chi connectivity index (χ4v) is 6.36. The fraction of sp³-hybridized carbons (Fsp3) is 0.762. The number of hydrogen-bond acceptors (Lipinski definition) is 2. The first-order valence-electron chi connectivity index (χ1n) is 9.81. The number of hydrogen-bond donors (Lipinski definition) is 2. The van der Waals surface area contributed by atoms with E-state index in [1.165, 1.54) is 43.4 Å². The molecule has 4 aliphatic rings. The van der Waals surface area contributed by atoms with Crippen molar-refractivity contribution in [3.8, 4) is 0 Å². The average molecular weight is 329 g/mol. The van der Waals surface area contributed by atoms with Gasteiger partial charge in [0.2, 0.25) is 5.91 Å². The van der Waals surface area contributed by atoms with Gasteiger partial charge in [-0.2, -0.15) is 0 Å². The predicted molar refractivity (Wildman–Crippen MR) is 95.0 cm³/mol. The standard InChI is InChI=1S/C21H31NO2/c1-13(23)22-20-8-7-19-18-6-3-14-11-15(4-5-16(24)12-14)17(18)9-10-21(19,20)2/h3,8,15-19,24H,4-7,9-12H2,1-2H3,(H,22,23)/t15-,16+,17-,18?,19+,21+/m1/s1. The summed E-state index contributed by atoms with van der Waals surface area (Å²) in [6.45, 7) is 4.00. The van der Waals surface area contributed by atoms with Crippen LogP contribution >= 0.6 is 0 Å². The van der Waals surface area contributed by atoms with E-state index in [9.17, 15) is 9.90 Å². The van der Waals surface area contributed by atoms with E-state index >= 15 is 0 Å². The van der Waals surface area contributed by atoms with Crippen LogP contribution in [0, 0.1) is 29.1 Å². The van der Waals surface area contributed by atoms with Crippen molar-refractivity contribution in [3.63, 3.8) is 0 Å². The summed E-state index contributed by atoms with van der Waals surface area (Å²) in [5.74, 6) is 3.03. The molecule has 2 N–H and O–H groups in total. The minimum Gasteiger partial charge on any atom is -0.393 e. The van der Waals surface area contributed by atoms with Crippen LogP contribution in [-0.2, 0) is 4.79 Å². The Bertz CT molecular complexity index is 593. The zero-order valence-electron chi connectivity index (χ0n) is 15.1. The predicted octanol–water partition coefficient (Wildman–Crippen LogP) is 3.94. The van der Waals surface area contributed by atoms with Crippen LogP contribution in [0.25, 0.3) is 0 Å². The van der Waals surface area contributed by atoms with Crippen LogP contribution < -0.4 is 5.32 Å². The topological polar surface area (TPSA) is 49.3 Å². The van der Waals surface area contributed by atoms with Gasteiger partial charge in [0.15, 0.2) is 0 Å². The van der Waals surface area contributed by atoms with E-state index in [1.807, 2.05) is 0 Å². The number of rotatable bonds is 1. The summed E-state index contributed by atoms with van der Waals surface area (Å²) in [6, 6.07) is 0. The van der Waals surface area contributed by atoms with Crippen LogP contribution in [0.15, 0.2) is 23.4 Å². The van der Waals surface area contributed by atoms with Crippen LogP contribution in [0.2, 0.25) is 0 Å². The van der Waals surface area contributed by atoms with Crippen LogP contribution in [-0.4, -0.2) is 17.1 Å². The quantitative estimate of drug-likeness (QED) is 0.716. The number of carbonyl (C=O) groups is 1. The highest BCUT2D eigenvalue weighted by Gasteiger charge is 2.52. The van der Waals surface area contributed by atoms with E-state index in [1.54, 1.807) is 6.92 Å². The van der Waals surface area contributed by atoms with Crippen LogP contribution in [0.1, 0.15) is 65.2 Å². The Morgan fingerprint density at radius 3 is 2.79 bits per heavy atom. The fourth-order valence-electron chi connectivity index (χ4n) is 6.36. The molecule has 1 unspecified atom stereocenters. The van der Waals surface area contributed by atoms with Gasteiger partial charge in [-0.05, 0) is 75.0 Å². The molecule has 0 radical (unpaired) electrons. The van der Waals surface area contributed by atoms with Crippen LogP contribution in [0.4, 0.5) is 0 Å². The first-order chi connectivity index (χ1) is 11.5. The Morgan fingerprint density at radius 2 is 2.00 bits per heavy atom. The van der Waals surface area contributed by atoms with Crippen LogP contribution in [0.3, 0.4) is 0 Å². The highest BCUT2D eigenvalue weighted by molar-refractivity contribution is 5.75. The SMILES string of the molecule is CC(=O)NC1=CC[C@H]2C3CC=C4C[C@@H](O)CC[C@H](C4)[C@H]3CC[C@]12C. The van der Waals surface area contributed by atoms with Gasteiger partial charge < -0.3 is 10.4 Å². The van der Waals surface area contributed by atoms with Gasteiger partial charge in [-0.15, -0.1) is 0 Å². The van der Waals surface area contributed by atoms with E-state index in [-0.39, 0.29) is 17.4 Å². The number of nitrogens with one attached hydrogen (secondary N) is 1. The first kappa shape index (κ1) is 16.4. The second-order valence-electron chi connectivity index (χ2n) is 8.92. The second kappa shape index (κ2) is 6.01. The average Bonchev–Trinajstić information content (AvgIpc) is 2.68. The summed E-state index contributed by atoms with van der Waals surface area (Å²) in [6.07, 6.45) is 13.7. The Balaban J connectivity index is 1.60. The first-order valence-corrected chi connectivity index (χ1v) is 9.81. The normalized spacial score (nSPS) is 44.4. The third kappa shape index (κ3) is 2.65. The molecule has 2 fully saturated rings. The molecule has 1 amide bonds. The second-order valence-corrected chi connectivity index (χ2v) is 8.92. The smallest absolute Gasteiger partial charge is 0.221 e. The highest BCUT2D eigenvalue weighted by atomic mass is 16.3. The summed E-state index contributed by atoms with van der Waals surface area (Å²) < 4.78 is 0. The van der Waals surface area contributed by atoms with Crippen molar-refractivity contribution in [2.75, 3.05) is 0 Å². The summed E-state index contributed by atoms with van der Waals surface area (Å²) in [7, 11) is 0. The third-order valence-electron chi connectivity index (χ3n) is 7.56. The molecule has 2 bridgehead atoms. The lowest BCUT2D eigenvalue weighted by atomic mass is 9.56. The van der Waals surface area contributed by atoms with Gasteiger partial charge in [0.05, 0.1) is 6.10 Å². The highest BCUT2D eigenvalue weighted by Crippen LogP contribution is 2.59. The van der Waals surface area contributed by atoms with Crippen molar-refractivity contribution in [2.45, 2.75) is 71.3 Å². The Hall–Kier alpha value is -1.09. The molecule has 132 valence electrons. The molecule has 6 atom stereocenters. The molecule has 0 heterocycles. The van der Waals surface area contributed by atoms with Crippen molar-refractivity contribution in [2.24, 2.45) is 29.1 Å². The summed E-state index contributed by atoms with van der Waals surface area (Å²) in [5, 5.41) is 13.3. The molecular formula is C21H31NO2. The van der Waals surface area contributed by atoms with E-state index in [0.29, 0.717) is 5.92 Å². The molecule has 0 aromatic heterocycles. The molecule has 0 saturated heterocycles. The van der Waals surface area contributed by atoms with Gasteiger partial charge in [0.25, 0.3) is 0 Å². The summed E-state index contributed by atoms with van der Waals surface area (Å²) in [4.78, 5) is 11.6. The van der Waals surface area contributed by atoms with Gasteiger partial charge in [0.1, 0.15) is 0 Å². The molecule has 3 heteroatoms. The molecular weight excluding hydrogens is 298 g/mol. The number of aliphatic hydroxyl groups excluding tert-OH is 1. The van der Waals surface area contributed by atoms with E-state index < -0.39 is 0 Å². The molecule has 0 aromatic carbocycles. The van der Waals surface area contributed by atoms with Crippen LogP contribution in [0.5, 0.6) is 0 Å². The van der Waals surface area contributed by atoms with Crippen molar-refractivity contribution >= 4 is 5.91 Å². The summed E-state index contributed by atoms with van der Waals surface area (Å²) in [5.41, 5.74) is 2.85. The maximum atomic E-state index is 11.6. The Morgan fingerprint density at radius 1 is 1.17 bits per heavy atom. The van der Waals surface area contributed by atoms with Crippen molar-refractivity contribution < 1.29 is 9.90 Å².